The summed E-state index contributed by atoms with van der Waals surface area (Å²) in [7, 11) is 0. The lowest BCUT2D eigenvalue weighted by Crippen LogP contribution is -2.07. The zero-order valence-electron chi connectivity index (χ0n) is 10.3. The Bertz CT molecular complexity index is 542. The minimum absolute atomic E-state index is 0.0475. The molecule has 0 saturated carbocycles. The van der Waals surface area contributed by atoms with Crippen molar-refractivity contribution in [2.75, 3.05) is 0 Å². The number of fused-ring (bicyclic) bond motifs is 1. The molecular formula is C14H18N2. The molecule has 0 saturated heterocycles. The fraction of sp³-hybridized carbons (Fsp3) is 0.357. The lowest BCUT2D eigenvalue weighted by molar-refractivity contribution is 0.823. The molecule has 2 aromatic rings. The maximum absolute atomic E-state index is 6.01. The second kappa shape index (κ2) is 3.87. The average molecular weight is 214 g/mol. The fourth-order valence-corrected chi connectivity index (χ4v) is 2.03. The normalized spacial score (nSPS) is 13.1. The third-order valence-electron chi connectivity index (χ3n) is 3.07. The van der Waals surface area contributed by atoms with Crippen LogP contribution in [-0.2, 0) is 0 Å². The predicted octanol–water partition coefficient (Wildman–Crippen LogP) is 3.18. The summed E-state index contributed by atoms with van der Waals surface area (Å²) in [5, 5.41) is 1.18. The van der Waals surface area contributed by atoms with Crippen molar-refractivity contribution >= 4 is 10.9 Å². The van der Waals surface area contributed by atoms with E-state index in [1.54, 1.807) is 0 Å². The lowest BCUT2D eigenvalue weighted by atomic mass is 9.98. The number of benzene rings is 1. The molecule has 2 rings (SSSR count). The van der Waals surface area contributed by atoms with Gasteiger partial charge in [0, 0.05) is 17.1 Å². The number of pyridine rings is 1. The van der Waals surface area contributed by atoms with Gasteiger partial charge in [0.15, 0.2) is 0 Å². The van der Waals surface area contributed by atoms with Crippen LogP contribution < -0.4 is 5.73 Å². The van der Waals surface area contributed by atoms with E-state index in [0.29, 0.717) is 0 Å². The number of aromatic nitrogens is 1. The minimum atomic E-state index is 0.0475. The third-order valence-corrected chi connectivity index (χ3v) is 3.07. The zero-order valence-corrected chi connectivity index (χ0v) is 10.3. The Labute approximate surface area is 96.5 Å². The minimum Gasteiger partial charge on any atom is -0.324 e. The highest BCUT2D eigenvalue weighted by molar-refractivity contribution is 5.84. The van der Waals surface area contributed by atoms with E-state index in [2.05, 4.69) is 37.0 Å². The molecule has 1 heterocycles. The van der Waals surface area contributed by atoms with E-state index in [4.69, 9.17) is 5.73 Å². The van der Waals surface area contributed by atoms with Crippen molar-refractivity contribution in [2.24, 2.45) is 5.73 Å². The molecule has 2 N–H and O–H groups in total. The van der Waals surface area contributed by atoms with Gasteiger partial charge in [0.2, 0.25) is 0 Å². The monoisotopic (exact) mass is 214 g/mol. The van der Waals surface area contributed by atoms with Gasteiger partial charge < -0.3 is 5.73 Å². The molecule has 1 aromatic carbocycles. The summed E-state index contributed by atoms with van der Waals surface area (Å²) in [5.74, 6) is 0. The van der Waals surface area contributed by atoms with E-state index in [1.165, 1.54) is 22.1 Å². The molecule has 0 fully saturated rings. The summed E-state index contributed by atoms with van der Waals surface area (Å²) in [6, 6.07) is 6.47. The van der Waals surface area contributed by atoms with Gasteiger partial charge in [0.25, 0.3) is 0 Å². The van der Waals surface area contributed by atoms with Gasteiger partial charge in [-0.15, -0.1) is 0 Å². The molecule has 16 heavy (non-hydrogen) atoms. The van der Waals surface area contributed by atoms with E-state index < -0.39 is 0 Å². The Balaban J connectivity index is 2.85. The van der Waals surface area contributed by atoms with E-state index >= 15 is 0 Å². The topological polar surface area (TPSA) is 38.9 Å². The molecule has 0 radical (unpaired) electrons. The first-order valence-electron chi connectivity index (χ1n) is 5.63. The van der Waals surface area contributed by atoms with Gasteiger partial charge in [0.1, 0.15) is 0 Å². The van der Waals surface area contributed by atoms with Gasteiger partial charge in [-0.25, -0.2) is 0 Å². The zero-order chi connectivity index (χ0) is 11.9. The van der Waals surface area contributed by atoms with Gasteiger partial charge in [-0.3, -0.25) is 4.98 Å². The van der Waals surface area contributed by atoms with Crippen LogP contribution in [0.25, 0.3) is 10.9 Å². The highest BCUT2D eigenvalue weighted by Gasteiger charge is 2.09. The molecule has 2 heteroatoms. The summed E-state index contributed by atoms with van der Waals surface area (Å²) in [6.07, 6.45) is 0. The fourth-order valence-electron chi connectivity index (χ4n) is 2.03. The summed E-state index contributed by atoms with van der Waals surface area (Å²) in [6.45, 7) is 8.27. The number of nitrogens with zero attached hydrogens (tertiary/aromatic N) is 1. The molecule has 1 unspecified atom stereocenters. The van der Waals surface area contributed by atoms with Crippen LogP contribution in [0, 0.1) is 20.8 Å². The summed E-state index contributed by atoms with van der Waals surface area (Å²) in [5.41, 5.74) is 11.8. The Morgan fingerprint density at radius 1 is 1.06 bits per heavy atom. The predicted molar refractivity (Wildman–Crippen MR) is 68.6 cm³/mol. The molecule has 0 amide bonds. The van der Waals surface area contributed by atoms with Crippen molar-refractivity contribution in [2.45, 2.75) is 33.7 Å². The molecule has 2 nitrogen and oxygen atoms in total. The molecule has 0 spiro atoms. The summed E-state index contributed by atoms with van der Waals surface area (Å²) >= 11 is 0. The molecule has 0 aliphatic heterocycles. The number of aryl methyl sites for hydroxylation is 3. The SMILES string of the molecule is Cc1cc(C(C)N)c2cc(C)c(C)cc2n1. The summed E-state index contributed by atoms with van der Waals surface area (Å²) in [4.78, 5) is 4.57. The lowest BCUT2D eigenvalue weighted by Gasteiger charge is -2.12. The van der Waals surface area contributed by atoms with Crippen LogP contribution in [0.1, 0.15) is 35.3 Å². The molecule has 1 aromatic heterocycles. The summed E-state index contributed by atoms with van der Waals surface area (Å²) < 4.78 is 0. The Morgan fingerprint density at radius 3 is 2.31 bits per heavy atom. The molecule has 0 bridgehead atoms. The first kappa shape index (κ1) is 11.1. The van der Waals surface area contributed by atoms with E-state index in [0.717, 1.165) is 11.2 Å². The van der Waals surface area contributed by atoms with Crippen molar-refractivity contribution in [3.05, 3.63) is 40.6 Å². The molecular weight excluding hydrogens is 196 g/mol. The number of rotatable bonds is 1. The van der Waals surface area contributed by atoms with Crippen molar-refractivity contribution in [1.29, 1.82) is 0 Å². The number of hydrogen-bond donors (Lipinski definition) is 1. The Kier molecular flexibility index (Phi) is 2.68. The van der Waals surface area contributed by atoms with E-state index in [1.807, 2.05) is 13.8 Å². The maximum atomic E-state index is 6.01. The quantitative estimate of drug-likeness (QED) is 0.791. The van der Waals surface area contributed by atoms with E-state index in [9.17, 15) is 0 Å². The number of nitrogens with two attached hydrogens (primary N) is 1. The maximum Gasteiger partial charge on any atom is 0.0711 e. The third kappa shape index (κ3) is 1.81. The van der Waals surface area contributed by atoms with Gasteiger partial charge in [0.05, 0.1) is 5.52 Å². The highest BCUT2D eigenvalue weighted by atomic mass is 14.7. The van der Waals surface area contributed by atoms with Gasteiger partial charge >= 0.3 is 0 Å². The van der Waals surface area contributed by atoms with Crippen LogP contribution in [0.4, 0.5) is 0 Å². The molecule has 0 aliphatic carbocycles. The van der Waals surface area contributed by atoms with Crippen molar-refractivity contribution in [3.63, 3.8) is 0 Å². The Morgan fingerprint density at radius 2 is 1.69 bits per heavy atom. The van der Waals surface area contributed by atoms with Crippen LogP contribution in [0.5, 0.6) is 0 Å². The van der Waals surface area contributed by atoms with Crippen LogP contribution in [0.15, 0.2) is 18.2 Å². The van der Waals surface area contributed by atoms with Crippen molar-refractivity contribution in [1.82, 2.24) is 4.98 Å². The Hall–Kier alpha value is -1.41. The van der Waals surface area contributed by atoms with Crippen molar-refractivity contribution < 1.29 is 0 Å². The van der Waals surface area contributed by atoms with E-state index in [-0.39, 0.29) is 6.04 Å². The second-order valence-electron chi connectivity index (χ2n) is 4.60. The standard InChI is InChI=1S/C14H18N2/c1-8-5-13-12(11(4)15)7-10(3)16-14(13)6-9(8)2/h5-7,11H,15H2,1-4H3. The second-order valence-corrected chi connectivity index (χ2v) is 4.60. The number of hydrogen-bond acceptors (Lipinski definition) is 2. The van der Waals surface area contributed by atoms with Gasteiger partial charge in [-0.2, -0.15) is 0 Å². The van der Waals surface area contributed by atoms with Crippen LogP contribution in [0.3, 0.4) is 0 Å². The highest BCUT2D eigenvalue weighted by Crippen LogP contribution is 2.25. The molecule has 1 atom stereocenters. The van der Waals surface area contributed by atoms with Crippen molar-refractivity contribution in [3.8, 4) is 0 Å². The first-order valence-corrected chi connectivity index (χ1v) is 5.63. The molecule has 84 valence electrons. The smallest absolute Gasteiger partial charge is 0.0711 e. The largest absolute Gasteiger partial charge is 0.324 e. The van der Waals surface area contributed by atoms with Crippen LogP contribution in [0.2, 0.25) is 0 Å². The molecule has 0 aliphatic rings. The first-order chi connectivity index (χ1) is 7.49. The van der Waals surface area contributed by atoms with Crippen LogP contribution >= 0.6 is 0 Å². The van der Waals surface area contributed by atoms with Gasteiger partial charge in [-0.1, -0.05) is 0 Å². The van der Waals surface area contributed by atoms with Gasteiger partial charge in [-0.05, 0) is 62.6 Å². The average Bonchev–Trinajstić information content (AvgIpc) is 2.19. The van der Waals surface area contributed by atoms with Crippen LogP contribution in [-0.4, -0.2) is 4.98 Å².